The predicted octanol–water partition coefficient (Wildman–Crippen LogP) is -0.336. The van der Waals surface area contributed by atoms with E-state index in [9.17, 15) is 4.79 Å². The summed E-state index contributed by atoms with van der Waals surface area (Å²) in [6, 6.07) is -0.296. The molecule has 0 saturated heterocycles. The Labute approximate surface area is 98.3 Å². The number of nitrogens with two attached hydrogens (primary N) is 1. The number of carbonyl (C=O) groups is 1. The molecule has 96 valence electrons. The maximum atomic E-state index is 11.1. The molecule has 1 unspecified atom stereocenters. The van der Waals surface area contributed by atoms with Crippen LogP contribution in [0.3, 0.4) is 0 Å². The van der Waals surface area contributed by atoms with Crippen LogP contribution in [0, 0.1) is 5.92 Å². The number of nitrogens with zero attached hydrogens (tertiary/aromatic N) is 1. The topological polar surface area (TPSA) is 67.6 Å². The van der Waals surface area contributed by atoms with Crippen LogP contribution >= 0.6 is 0 Å². The van der Waals surface area contributed by atoms with Crippen molar-refractivity contribution in [2.45, 2.75) is 19.9 Å². The zero-order valence-corrected chi connectivity index (χ0v) is 10.8. The quantitative estimate of drug-likeness (QED) is 0.570. The lowest BCUT2D eigenvalue weighted by Crippen LogP contribution is -2.49. The van der Waals surface area contributed by atoms with E-state index in [0.717, 1.165) is 13.1 Å². The number of hydrogen-bond acceptors (Lipinski definition) is 4. The first-order chi connectivity index (χ1) is 7.51. The van der Waals surface area contributed by atoms with Crippen molar-refractivity contribution < 1.29 is 9.53 Å². The monoisotopic (exact) mass is 231 g/mol. The largest absolute Gasteiger partial charge is 0.383 e. The molecule has 0 aromatic carbocycles. The van der Waals surface area contributed by atoms with E-state index in [2.05, 4.69) is 24.1 Å². The highest BCUT2D eigenvalue weighted by Gasteiger charge is 2.17. The lowest BCUT2D eigenvalue weighted by atomic mass is 10.2. The van der Waals surface area contributed by atoms with Crippen LogP contribution in [-0.2, 0) is 9.53 Å². The predicted molar refractivity (Wildman–Crippen MR) is 65.2 cm³/mol. The Kier molecular flexibility index (Phi) is 8.15. The van der Waals surface area contributed by atoms with Crippen molar-refractivity contribution in [2.75, 3.05) is 40.4 Å². The van der Waals surface area contributed by atoms with Crippen LogP contribution in [0.25, 0.3) is 0 Å². The smallest absolute Gasteiger partial charge is 0.235 e. The molecule has 0 fully saturated rings. The fourth-order valence-electron chi connectivity index (χ4n) is 1.58. The average Bonchev–Trinajstić information content (AvgIpc) is 2.20. The van der Waals surface area contributed by atoms with Crippen LogP contribution in [0.1, 0.15) is 13.8 Å². The third-order valence-corrected chi connectivity index (χ3v) is 2.37. The molecule has 0 radical (unpaired) electrons. The van der Waals surface area contributed by atoms with Gasteiger partial charge >= 0.3 is 0 Å². The van der Waals surface area contributed by atoms with E-state index in [1.54, 1.807) is 14.2 Å². The highest BCUT2D eigenvalue weighted by molar-refractivity contribution is 5.80. The number of rotatable bonds is 9. The fourth-order valence-corrected chi connectivity index (χ4v) is 1.58. The number of ether oxygens (including phenoxy) is 1. The van der Waals surface area contributed by atoms with Gasteiger partial charge in [0, 0.05) is 26.7 Å². The van der Waals surface area contributed by atoms with E-state index >= 15 is 0 Å². The van der Waals surface area contributed by atoms with E-state index in [4.69, 9.17) is 10.5 Å². The van der Waals surface area contributed by atoms with Crippen LogP contribution in [0.2, 0.25) is 0 Å². The zero-order chi connectivity index (χ0) is 12.6. The Morgan fingerprint density at radius 1 is 1.44 bits per heavy atom. The highest BCUT2D eigenvalue weighted by Crippen LogP contribution is 2.00. The van der Waals surface area contributed by atoms with Crippen LogP contribution in [0.4, 0.5) is 0 Å². The number of hydrogen-bond donors (Lipinski definition) is 2. The summed E-state index contributed by atoms with van der Waals surface area (Å²) in [6.07, 6.45) is 0. The van der Waals surface area contributed by atoms with E-state index < -0.39 is 0 Å². The second-order valence-corrected chi connectivity index (χ2v) is 4.39. The highest BCUT2D eigenvalue weighted by atomic mass is 16.5. The van der Waals surface area contributed by atoms with Crippen LogP contribution in [0.5, 0.6) is 0 Å². The third-order valence-electron chi connectivity index (χ3n) is 2.37. The van der Waals surface area contributed by atoms with E-state index in [1.165, 1.54) is 0 Å². The first-order valence-electron chi connectivity index (χ1n) is 5.69. The molecular weight excluding hydrogens is 206 g/mol. The molecule has 1 amide bonds. The van der Waals surface area contributed by atoms with Crippen molar-refractivity contribution in [2.24, 2.45) is 11.7 Å². The number of nitrogens with one attached hydrogen (secondary N) is 1. The molecule has 0 aliphatic heterocycles. The van der Waals surface area contributed by atoms with E-state index in [1.807, 2.05) is 0 Å². The number of methoxy groups -OCH3 is 1. The van der Waals surface area contributed by atoms with Gasteiger partial charge in [-0.25, -0.2) is 0 Å². The van der Waals surface area contributed by atoms with Gasteiger partial charge < -0.3 is 15.8 Å². The number of carbonyl (C=O) groups excluding carboxylic acids is 1. The van der Waals surface area contributed by atoms with Crippen molar-refractivity contribution in [1.82, 2.24) is 10.2 Å². The Balaban J connectivity index is 4.21. The van der Waals surface area contributed by atoms with Gasteiger partial charge in [-0.1, -0.05) is 13.8 Å². The van der Waals surface area contributed by atoms with Crippen molar-refractivity contribution >= 4 is 5.91 Å². The molecule has 3 N–H and O–H groups in total. The molecule has 5 heteroatoms. The Morgan fingerprint density at radius 2 is 2.06 bits per heavy atom. The average molecular weight is 231 g/mol. The van der Waals surface area contributed by atoms with Gasteiger partial charge in [0.15, 0.2) is 0 Å². The molecule has 0 aromatic rings. The van der Waals surface area contributed by atoms with Crippen LogP contribution in [-0.4, -0.2) is 57.2 Å². The van der Waals surface area contributed by atoms with Gasteiger partial charge in [-0.15, -0.1) is 0 Å². The molecule has 0 heterocycles. The summed E-state index contributed by atoms with van der Waals surface area (Å²) in [7, 11) is 3.43. The normalized spacial score (nSPS) is 13.4. The summed E-state index contributed by atoms with van der Waals surface area (Å²) in [6.45, 7) is 7.36. The summed E-state index contributed by atoms with van der Waals surface area (Å²) >= 11 is 0. The van der Waals surface area contributed by atoms with Gasteiger partial charge in [-0.2, -0.15) is 0 Å². The minimum absolute atomic E-state index is 0.296. The van der Waals surface area contributed by atoms with Crippen LogP contribution < -0.4 is 11.1 Å². The Morgan fingerprint density at radius 3 is 2.44 bits per heavy atom. The van der Waals surface area contributed by atoms with Crippen molar-refractivity contribution in [1.29, 1.82) is 0 Å². The van der Waals surface area contributed by atoms with Crippen molar-refractivity contribution in [3.05, 3.63) is 0 Å². The minimum Gasteiger partial charge on any atom is -0.383 e. The lowest BCUT2D eigenvalue weighted by Gasteiger charge is -2.27. The summed E-state index contributed by atoms with van der Waals surface area (Å²) < 4.78 is 5.05. The van der Waals surface area contributed by atoms with Gasteiger partial charge in [0.25, 0.3) is 0 Å². The summed E-state index contributed by atoms with van der Waals surface area (Å²) in [4.78, 5) is 13.3. The molecular formula is C11H25N3O2. The molecule has 0 aliphatic rings. The standard InChI is InChI=1S/C11H25N3O2/c1-9(2)7-14(5-6-16-4)8-10(13-3)11(12)15/h9-10,13H,5-8H2,1-4H3,(H2,12,15). The molecule has 0 rings (SSSR count). The van der Waals surface area contributed by atoms with Gasteiger partial charge in [0.05, 0.1) is 12.6 Å². The SMILES string of the molecule is CNC(CN(CCOC)CC(C)C)C(N)=O. The third kappa shape index (κ3) is 6.76. The first kappa shape index (κ1) is 15.3. The molecule has 0 aromatic heterocycles. The fraction of sp³-hybridized carbons (Fsp3) is 0.909. The molecule has 16 heavy (non-hydrogen) atoms. The number of primary amides is 1. The molecule has 1 atom stereocenters. The van der Waals surface area contributed by atoms with Crippen molar-refractivity contribution in [3.63, 3.8) is 0 Å². The van der Waals surface area contributed by atoms with E-state index in [0.29, 0.717) is 19.1 Å². The number of amides is 1. The number of likely N-dealkylation sites (N-methyl/N-ethyl adjacent to an activating group) is 1. The maximum absolute atomic E-state index is 11.1. The molecule has 0 spiro atoms. The second kappa shape index (κ2) is 8.50. The Hall–Kier alpha value is -0.650. The minimum atomic E-state index is -0.311. The molecule has 0 bridgehead atoms. The lowest BCUT2D eigenvalue weighted by molar-refractivity contribution is -0.120. The maximum Gasteiger partial charge on any atom is 0.235 e. The van der Waals surface area contributed by atoms with Crippen molar-refractivity contribution in [3.8, 4) is 0 Å². The summed E-state index contributed by atoms with van der Waals surface area (Å²) in [5, 5.41) is 2.92. The van der Waals surface area contributed by atoms with Gasteiger partial charge in [-0.3, -0.25) is 9.69 Å². The summed E-state index contributed by atoms with van der Waals surface area (Å²) in [5.74, 6) is 0.246. The van der Waals surface area contributed by atoms with Gasteiger partial charge in [0.1, 0.15) is 0 Å². The van der Waals surface area contributed by atoms with Gasteiger partial charge in [0.2, 0.25) is 5.91 Å². The summed E-state index contributed by atoms with van der Waals surface area (Å²) in [5.41, 5.74) is 5.30. The molecule has 0 aliphatic carbocycles. The van der Waals surface area contributed by atoms with Gasteiger partial charge in [-0.05, 0) is 13.0 Å². The second-order valence-electron chi connectivity index (χ2n) is 4.39. The zero-order valence-electron chi connectivity index (χ0n) is 10.8. The molecule has 5 nitrogen and oxygen atoms in total. The first-order valence-corrected chi connectivity index (χ1v) is 5.69. The molecule has 0 saturated carbocycles. The van der Waals surface area contributed by atoms with E-state index in [-0.39, 0.29) is 11.9 Å². The van der Waals surface area contributed by atoms with Crippen LogP contribution in [0.15, 0.2) is 0 Å². The Bertz CT molecular complexity index is 198.